The van der Waals surface area contributed by atoms with Crippen LogP contribution >= 0.6 is 0 Å². The van der Waals surface area contributed by atoms with Crippen molar-refractivity contribution >= 4 is 5.91 Å². The van der Waals surface area contributed by atoms with Crippen LogP contribution in [0.5, 0.6) is 0 Å². The summed E-state index contributed by atoms with van der Waals surface area (Å²) in [5.74, 6) is -0.164. The summed E-state index contributed by atoms with van der Waals surface area (Å²) in [7, 11) is 0. The highest BCUT2D eigenvalue weighted by Gasteiger charge is 2.27. The summed E-state index contributed by atoms with van der Waals surface area (Å²) in [6, 6.07) is 7.94. The molecule has 0 spiro atoms. The molecule has 2 N–H and O–H groups in total. The monoisotopic (exact) mass is 313 g/mol. The van der Waals surface area contributed by atoms with Crippen molar-refractivity contribution in [2.75, 3.05) is 19.6 Å². The van der Waals surface area contributed by atoms with Gasteiger partial charge in [0.25, 0.3) is 5.91 Å². The first-order valence-electron chi connectivity index (χ1n) is 8.04. The minimum atomic E-state index is -0.164. The van der Waals surface area contributed by atoms with Crippen LogP contribution < -0.4 is 10.6 Å². The lowest BCUT2D eigenvalue weighted by atomic mass is 9.81. The van der Waals surface area contributed by atoms with Crippen LogP contribution in [0.15, 0.2) is 30.5 Å². The molecule has 6 heteroatoms. The van der Waals surface area contributed by atoms with E-state index in [9.17, 15) is 4.79 Å². The van der Waals surface area contributed by atoms with Gasteiger partial charge in [0.2, 0.25) is 0 Å². The fourth-order valence-corrected chi connectivity index (χ4v) is 2.78. The maximum atomic E-state index is 12.3. The van der Waals surface area contributed by atoms with Crippen LogP contribution in [0.4, 0.5) is 0 Å². The summed E-state index contributed by atoms with van der Waals surface area (Å²) >= 11 is 0. The Labute approximate surface area is 136 Å². The Morgan fingerprint density at radius 3 is 2.70 bits per heavy atom. The normalized spacial score (nSPS) is 17.0. The van der Waals surface area contributed by atoms with Crippen LogP contribution in [0, 0.1) is 12.3 Å². The van der Waals surface area contributed by atoms with Gasteiger partial charge < -0.3 is 10.6 Å². The first-order chi connectivity index (χ1) is 11.1. The fourth-order valence-electron chi connectivity index (χ4n) is 2.78. The van der Waals surface area contributed by atoms with Crippen molar-refractivity contribution in [3.05, 3.63) is 41.7 Å². The molecular weight excluding hydrogens is 290 g/mol. The minimum absolute atomic E-state index is 0.161. The second kappa shape index (κ2) is 6.50. The molecule has 0 bridgehead atoms. The van der Waals surface area contributed by atoms with Gasteiger partial charge in [-0.05, 0) is 50.4 Å². The maximum Gasteiger partial charge on any atom is 0.273 e. The molecule has 1 aromatic carbocycles. The molecule has 1 fully saturated rings. The topological polar surface area (TPSA) is 71.8 Å². The predicted octanol–water partition coefficient (Wildman–Crippen LogP) is 1.70. The van der Waals surface area contributed by atoms with Gasteiger partial charge in [-0.2, -0.15) is 0 Å². The van der Waals surface area contributed by atoms with E-state index in [0.29, 0.717) is 12.2 Å². The third-order valence-corrected chi connectivity index (χ3v) is 4.51. The number of hydrogen-bond acceptors (Lipinski definition) is 4. The van der Waals surface area contributed by atoms with E-state index in [1.807, 2.05) is 31.2 Å². The maximum absolute atomic E-state index is 12.3. The molecule has 0 radical (unpaired) electrons. The Hall–Kier alpha value is -2.21. The molecule has 23 heavy (non-hydrogen) atoms. The SMILES string of the molecule is Cc1ccc(-n2cc(C(=O)NCC3(C)CCNCC3)nn2)cc1. The summed E-state index contributed by atoms with van der Waals surface area (Å²) in [6.07, 6.45) is 3.82. The first-order valence-corrected chi connectivity index (χ1v) is 8.04. The van der Waals surface area contributed by atoms with Gasteiger partial charge >= 0.3 is 0 Å². The largest absolute Gasteiger partial charge is 0.350 e. The Morgan fingerprint density at radius 2 is 2.00 bits per heavy atom. The Morgan fingerprint density at radius 1 is 1.30 bits per heavy atom. The van der Waals surface area contributed by atoms with Crippen LogP contribution in [0.2, 0.25) is 0 Å². The number of rotatable bonds is 4. The molecule has 2 heterocycles. The van der Waals surface area contributed by atoms with Crippen molar-refractivity contribution in [1.82, 2.24) is 25.6 Å². The number of hydrogen-bond donors (Lipinski definition) is 2. The van der Waals surface area contributed by atoms with Crippen molar-refractivity contribution in [3.8, 4) is 5.69 Å². The molecule has 0 aliphatic carbocycles. The highest BCUT2D eigenvalue weighted by Crippen LogP contribution is 2.26. The van der Waals surface area contributed by atoms with Crippen molar-refractivity contribution in [2.45, 2.75) is 26.7 Å². The Balaban J connectivity index is 1.63. The third kappa shape index (κ3) is 3.76. The highest BCUT2D eigenvalue weighted by molar-refractivity contribution is 5.91. The van der Waals surface area contributed by atoms with Crippen LogP contribution in [0.3, 0.4) is 0 Å². The summed E-state index contributed by atoms with van der Waals surface area (Å²) in [4.78, 5) is 12.3. The number of benzene rings is 1. The van der Waals surface area contributed by atoms with E-state index in [1.54, 1.807) is 10.9 Å². The van der Waals surface area contributed by atoms with Crippen LogP contribution in [0.1, 0.15) is 35.8 Å². The molecule has 0 unspecified atom stereocenters. The van der Waals surface area contributed by atoms with E-state index in [1.165, 1.54) is 5.56 Å². The summed E-state index contributed by atoms with van der Waals surface area (Å²) < 4.78 is 1.63. The van der Waals surface area contributed by atoms with Crippen LogP contribution in [0.25, 0.3) is 5.69 Å². The zero-order chi connectivity index (χ0) is 16.3. The Kier molecular flexibility index (Phi) is 4.43. The second-order valence-electron chi connectivity index (χ2n) is 6.63. The summed E-state index contributed by atoms with van der Waals surface area (Å²) in [5, 5.41) is 14.4. The second-order valence-corrected chi connectivity index (χ2v) is 6.63. The number of aryl methyl sites for hydroxylation is 1. The molecule has 0 saturated carbocycles. The van der Waals surface area contributed by atoms with Gasteiger partial charge in [0, 0.05) is 6.54 Å². The van der Waals surface area contributed by atoms with Gasteiger partial charge in [-0.25, -0.2) is 4.68 Å². The zero-order valence-electron chi connectivity index (χ0n) is 13.7. The van der Waals surface area contributed by atoms with Crippen molar-refractivity contribution in [3.63, 3.8) is 0 Å². The van der Waals surface area contributed by atoms with Gasteiger partial charge in [-0.3, -0.25) is 4.79 Å². The van der Waals surface area contributed by atoms with Gasteiger partial charge in [-0.15, -0.1) is 5.10 Å². The van der Waals surface area contributed by atoms with Crippen LogP contribution in [-0.4, -0.2) is 40.5 Å². The average molecular weight is 313 g/mol. The van der Waals surface area contributed by atoms with Crippen LogP contribution in [-0.2, 0) is 0 Å². The number of nitrogens with zero attached hydrogens (tertiary/aromatic N) is 3. The lowest BCUT2D eigenvalue weighted by Gasteiger charge is -2.33. The molecule has 0 atom stereocenters. The fraction of sp³-hybridized carbons (Fsp3) is 0.471. The van der Waals surface area contributed by atoms with Gasteiger partial charge in [0.05, 0.1) is 11.9 Å². The Bertz CT molecular complexity index is 671. The minimum Gasteiger partial charge on any atom is -0.350 e. The molecule has 1 aliphatic rings. The quantitative estimate of drug-likeness (QED) is 0.901. The summed E-state index contributed by atoms with van der Waals surface area (Å²) in [5.41, 5.74) is 2.59. The smallest absolute Gasteiger partial charge is 0.273 e. The van der Waals surface area contributed by atoms with E-state index in [-0.39, 0.29) is 11.3 Å². The van der Waals surface area contributed by atoms with Gasteiger partial charge in [-0.1, -0.05) is 29.8 Å². The van der Waals surface area contributed by atoms with E-state index in [0.717, 1.165) is 31.6 Å². The molecule has 2 aromatic rings. The number of piperidine rings is 1. The molecule has 1 aromatic heterocycles. The van der Waals surface area contributed by atoms with E-state index >= 15 is 0 Å². The number of aromatic nitrogens is 3. The predicted molar refractivity (Wildman–Crippen MR) is 88.6 cm³/mol. The standard InChI is InChI=1S/C17H23N5O/c1-13-3-5-14(6-4-13)22-11-15(20-21-22)16(23)19-12-17(2)7-9-18-10-8-17/h3-6,11,18H,7-10,12H2,1-2H3,(H,19,23). The van der Waals surface area contributed by atoms with Crippen molar-refractivity contribution in [1.29, 1.82) is 0 Å². The summed E-state index contributed by atoms with van der Waals surface area (Å²) in [6.45, 7) is 6.94. The van der Waals surface area contributed by atoms with E-state index < -0.39 is 0 Å². The molecule has 1 amide bonds. The molecule has 122 valence electrons. The average Bonchev–Trinajstić information content (AvgIpc) is 3.04. The molecule has 1 saturated heterocycles. The third-order valence-electron chi connectivity index (χ3n) is 4.51. The van der Waals surface area contributed by atoms with Gasteiger partial charge in [0.1, 0.15) is 0 Å². The molecule has 1 aliphatic heterocycles. The highest BCUT2D eigenvalue weighted by atomic mass is 16.2. The number of carbonyl (C=O) groups excluding carboxylic acids is 1. The number of nitrogens with one attached hydrogen (secondary N) is 2. The van der Waals surface area contributed by atoms with Crippen molar-refractivity contribution in [2.24, 2.45) is 5.41 Å². The van der Waals surface area contributed by atoms with E-state index in [4.69, 9.17) is 0 Å². The van der Waals surface area contributed by atoms with Crippen molar-refractivity contribution < 1.29 is 4.79 Å². The number of amides is 1. The molecular formula is C17H23N5O. The molecule has 6 nitrogen and oxygen atoms in total. The lowest BCUT2D eigenvalue weighted by molar-refractivity contribution is 0.0917. The lowest BCUT2D eigenvalue weighted by Crippen LogP contribution is -2.43. The molecule has 3 rings (SSSR count). The van der Waals surface area contributed by atoms with Gasteiger partial charge in [0.15, 0.2) is 5.69 Å². The van der Waals surface area contributed by atoms with E-state index in [2.05, 4.69) is 27.9 Å². The first kappa shape index (κ1) is 15.7. The number of carbonyl (C=O) groups is 1. The zero-order valence-corrected chi connectivity index (χ0v) is 13.7.